The molecule has 2 amide bonds. The van der Waals surface area contributed by atoms with Crippen molar-refractivity contribution in [2.75, 3.05) is 13.6 Å². The molecule has 0 unspecified atom stereocenters. The summed E-state index contributed by atoms with van der Waals surface area (Å²) >= 11 is 0. The fourth-order valence-electron chi connectivity index (χ4n) is 3.36. The van der Waals surface area contributed by atoms with Gasteiger partial charge in [-0.25, -0.2) is 14.2 Å². The zero-order chi connectivity index (χ0) is 22.6. The number of carbonyl (C=O) groups excluding carboxylic acids is 2. The molecule has 0 bridgehead atoms. The number of halogens is 1. The minimum absolute atomic E-state index is 0.119. The Bertz CT molecular complexity index is 1110. The average molecular weight is 423 g/mol. The number of hydrogen-bond acceptors (Lipinski definition) is 4. The van der Waals surface area contributed by atoms with Crippen LogP contribution in [0.3, 0.4) is 0 Å². The number of para-hydroxylation sites is 1. The average Bonchev–Trinajstić information content (AvgIpc) is 2.72. The van der Waals surface area contributed by atoms with Crippen molar-refractivity contribution in [3.8, 4) is 11.1 Å². The normalized spacial score (nSPS) is 11.3. The molecular formula is C24H26FN3O3. The molecule has 7 heteroatoms. The van der Waals surface area contributed by atoms with E-state index in [9.17, 15) is 14.0 Å². The van der Waals surface area contributed by atoms with Crippen molar-refractivity contribution in [2.24, 2.45) is 0 Å². The van der Waals surface area contributed by atoms with Crippen molar-refractivity contribution in [3.63, 3.8) is 0 Å². The van der Waals surface area contributed by atoms with Crippen LogP contribution < -0.4 is 10.6 Å². The fraction of sp³-hybridized carbons (Fsp3) is 0.292. The Morgan fingerprint density at radius 2 is 1.77 bits per heavy atom. The molecule has 2 N–H and O–H groups in total. The monoisotopic (exact) mass is 423 g/mol. The first kappa shape index (κ1) is 22.2. The number of hydrogen-bond donors (Lipinski definition) is 2. The molecule has 3 aromatic rings. The van der Waals surface area contributed by atoms with Crippen molar-refractivity contribution in [1.29, 1.82) is 0 Å². The number of nitrogens with zero attached hydrogens (tertiary/aromatic N) is 1. The van der Waals surface area contributed by atoms with Crippen LogP contribution in [0.15, 0.2) is 48.5 Å². The van der Waals surface area contributed by atoms with Crippen LogP contribution in [0.1, 0.15) is 36.8 Å². The molecule has 0 aliphatic heterocycles. The summed E-state index contributed by atoms with van der Waals surface area (Å²) in [6.45, 7) is 5.56. The Kier molecular flexibility index (Phi) is 6.53. The summed E-state index contributed by atoms with van der Waals surface area (Å²) < 4.78 is 19.9. The predicted octanol–water partition coefficient (Wildman–Crippen LogP) is 4.47. The van der Waals surface area contributed by atoms with E-state index in [4.69, 9.17) is 4.74 Å². The number of fused-ring (bicyclic) bond motifs is 1. The number of rotatable bonds is 5. The Morgan fingerprint density at radius 1 is 1.06 bits per heavy atom. The highest BCUT2D eigenvalue weighted by molar-refractivity contribution is 6.12. The lowest BCUT2D eigenvalue weighted by Gasteiger charge is -2.20. The van der Waals surface area contributed by atoms with Gasteiger partial charge in [-0.3, -0.25) is 4.79 Å². The van der Waals surface area contributed by atoms with Gasteiger partial charge in [-0.15, -0.1) is 0 Å². The summed E-state index contributed by atoms with van der Waals surface area (Å²) in [4.78, 5) is 29.4. The first-order valence-corrected chi connectivity index (χ1v) is 10.1. The molecule has 3 rings (SSSR count). The van der Waals surface area contributed by atoms with Gasteiger partial charge in [-0.05, 0) is 32.4 Å². The Morgan fingerprint density at radius 3 is 2.42 bits per heavy atom. The van der Waals surface area contributed by atoms with Gasteiger partial charge in [0.1, 0.15) is 16.9 Å². The van der Waals surface area contributed by atoms with Gasteiger partial charge in [0, 0.05) is 31.0 Å². The maximum atomic E-state index is 14.6. The van der Waals surface area contributed by atoms with Crippen LogP contribution in [0.25, 0.3) is 22.0 Å². The van der Waals surface area contributed by atoms with E-state index < -0.39 is 17.5 Å². The number of carbonyl (C=O) groups is 2. The van der Waals surface area contributed by atoms with E-state index in [0.29, 0.717) is 22.2 Å². The SMILES string of the molecule is CNC(=O)c1c(-c2ccccc2)c(CCNC(=O)OC(C)(C)C)nc2c(F)cccc12. The smallest absolute Gasteiger partial charge is 0.407 e. The first-order valence-electron chi connectivity index (χ1n) is 10.1. The van der Waals surface area contributed by atoms with Crippen LogP contribution in [0, 0.1) is 5.82 Å². The highest BCUT2D eigenvalue weighted by Gasteiger charge is 2.23. The third-order valence-electron chi connectivity index (χ3n) is 4.59. The lowest BCUT2D eigenvalue weighted by atomic mass is 9.92. The van der Waals surface area contributed by atoms with Gasteiger partial charge < -0.3 is 15.4 Å². The standard InChI is InChI=1S/C24H26FN3O3/c1-24(2,3)31-23(30)27-14-13-18-19(15-9-6-5-7-10-15)20(22(29)26-4)16-11-8-12-17(25)21(16)28-18/h5-12H,13-14H2,1-4H3,(H,26,29)(H,27,30). The van der Waals surface area contributed by atoms with Crippen LogP contribution >= 0.6 is 0 Å². The molecule has 1 heterocycles. The van der Waals surface area contributed by atoms with Crippen LogP contribution in [0.5, 0.6) is 0 Å². The number of pyridine rings is 1. The Balaban J connectivity index is 2.10. The van der Waals surface area contributed by atoms with Crippen LogP contribution in [-0.4, -0.2) is 36.2 Å². The maximum absolute atomic E-state index is 14.6. The summed E-state index contributed by atoms with van der Waals surface area (Å²) in [7, 11) is 1.53. The van der Waals surface area contributed by atoms with E-state index in [1.165, 1.54) is 13.1 Å². The molecule has 31 heavy (non-hydrogen) atoms. The number of aromatic nitrogens is 1. The second-order valence-corrected chi connectivity index (χ2v) is 8.07. The van der Waals surface area contributed by atoms with Crippen LogP contribution in [0.4, 0.5) is 9.18 Å². The zero-order valence-electron chi connectivity index (χ0n) is 18.1. The largest absolute Gasteiger partial charge is 0.444 e. The lowest BCUT2D eigenvalue weighted by Crippen LogP contribution is -2.33. The second kappa shape index (κ2) is 9.12. The molecule has 1 aromatic heterocycles. The van der Waals surface area contributed by atoms with Crippen molar-refractivity contribution in [3.05, 3.63) is 65.6 Å². The highest BCUT2D eigenvalue weighted by Crippen LogP contribution is 2.33. The van der Waals surface area contributed by atoms with Gasteiger partial charge in [0.15, 0.2) is 0 Å². The molecule has 6 nitrogen and oxygen atoms in total. The number of ether oxygens (including phenoxy) is 1. The first-order chi connectivity index (χ1) is 14.7. The zero-order valence-corrected chi connectivity index (χ0v) is 18.1. The third kappa shape index (κ3) is 5.17. The number of alkyl carbamates (subject to hydrolysis) is 1. The molecule has 0 aliphatic rings. The highest BCUT2D eigenvalue weighted by atomic mass is 19.1. The van der Waals surface area contributed by atoms with E-state index >= 15 is 0 Å². The predicted molar refractivity (Wildman–Crippen MR) is 118 cm³/mol. The number of amides is 2. The summed E-state index contributed by atoms with van der Waals surface area (Å²) in [6, 6.07) is 13.9. The molecular weight excluding hydrogens is 397 g/mol. The molecule has 0 atom stereocenters. The van der Waals surface area contributed by atoms with Crippen molar-refractivity contribution in [2.45, 2.75) is 32.8 Å². The van der Waals surface area contributed by atoms with E-state index in [1.807, 2.05) is 30.3 Å². The quantitative estimate of drug-likeness (QED) is 0.635. The van der Waals surface area contributed by atoms with Crippen molar-refractivity contribution >= 4 is 22.9 Å². The molecule has 0 spiro atoms. The Hall–Kier alpha value is -3.48. The lowest BCUT2D eigenvalue weighted by molar-refractivity contribution is 0.0528. The molecule has 0 saturated heterocycles. The second-order valence-electron chi connectivity index (χ2n) is 8.07. The molecule has 0 aliphatic carbocycles. The van der Waals surface area contributed by atoms with Crippen molar-refractivity contribution in [1.82, 2.24) is 15.6 Å². The topological polar surface area (TPSA) is 80.3 Å². The van der Waals surface area contributed by atoms with Gasteiger partial charge in [-0.2, -0.15) is 0 Å². The van der Waals surface area contributed by atoms with Gasteiger partial charge in [0.25, 0.3) is 5.91 Å². The molecule has 0 radical (unpaired) electrons. The van der Waals surface area contributed by atoms with Crippen molar-refractivity contribution < 1.29 is 18.7 Å². The molecule has 162 valence electrons. The van der Waals surface area contributed by atoms with Gasteiger partial charge in [0.2, 0.25) is 0 Å². The van der Waals surface area contributed by atoms with Gasteiger partial charge >= 0.3 is 6.09 Å². The summed E-state index contributed by atoms with van der Waals surface area (Å²) in [5.41, 5.74) is 1.77. The molecule has 0 fully saturated rings. The third-order valence-corrected chi connectivity index (χ3v) is 4.59. The van der Waals surface area contributed by atoms with Gasteiger partial charge in [-0.1, -0.05) is 42.5 Å². The molecule has 0 saturated carbocycles. The van der Waals surface area contributed by atoms with Crippen LogP contribution in [0.2, 0.25) is 0 Å². The van der Waals surface area contributed by atoms with Crippen LogP contribution in [-0.2, 0) is 11.2 Å². The summed E-state index contributed by atoms with van der Waals surface area (Å²) in [6.07, 6.45) is -0.259. The summed E-state index contributed by atoms with van der Waals surface area (Å²) in [5, 5.41) is 5.78. The minimum Gasteiger partial charge on any atom is -0.444 e. The minimum atomic E-state index is -0.615. The number of benzene rings is 2. The maximum Gasteiger partial charge on any atom is 0.407 e. The molecule has 2 aromatic carbocycles. The fourth-order valence-corrected chi connectivity index (χ4v) is 3.36. The van der Waals surface area contributed by atoms with E-state index in [2.05, 4.69) is 15.6 Å². The van der Waals surface area contributed by atoms with E-state index in [-0.39, 0.29) is 24.4 Å². The van der Waals surface area contributed by atoms with E-state index in [1.54, 1.807) is 32.9 Å². The Labute approximate surface area is 180 Å². The number of nitrogens with one attached hydrogen (secondary N) is 2. The van der Waals surface area contributed by atoms with E-state index in [0.717, 1.165) is 5.56 Å². The van der Waals surface area contributed by atoms with Gasteiger partial charge in [0.05, 0.1) is 11.3 Å². The summed E-state index contributed by atoms with van der Waals surface area (Å²) in [5.74, 6) is -0.846.